The fourth-order valence-electron chi connectivity index (χ4n) is 2.68. The number of benzene rings is 2. The Bertz CT molecular complexity index is 1100. The number of hydrogen-bond donors (Lipinski definition) is 2. The molecule has 0 aliphatic rings. The molecule has 0 atom stereocenters. The van der Waals surface area contributed by atoms with E-state index < -0.39 is 17.2 Å². The van der Waals surface area contributed by atoms with Gasteiger partial charge in [0, 0.05) is 25.2 Å². The zero-order chi connectivity index (χ0) is 21.0. The van der Waals surface area contributed by atoms with Crippen molar-refractivity contribution in [3.63, 3.8) is 0 Å². The number of aromatic nitrogens is 2. The Morgan fingerprint density at radius 1 is 1.17 bits per heavy atom. The Hall–Kier alpha value is -3.26. The van der Waals surface area contributed by atoms with Crippen LogP contribution in [0.15, 0.2) is 53.5 Å². The van der Waals surface area contributed by atoms with E-state index in [1.54, 1.807) is 12.1 Å². The van der Waals surface area contributed by atoms with E-state index >= 15 is 0 Å². The van der Waals surface area contributed by atoms with E-state index in [0.29, 0.717) is 30.4 Å². The van der Waals surface area contributed by atoms with Gasteiger partial charge in [-0.1, -0.05) is 23.7 Å². The maximum atomic E-state index is 13.9. The average molecular weight is 419 g/mol. The van der Waals surface area contributed by atoms with Crippen LogP contribution >= 0.6 is 11.6 Å². The molecule has 29 heavy (non-hydrogen) atoms. The molecule has 9 heteroatoms. The van der Waals surface area contributed by atoms with Crippen LogP contribution in [0.1, 0.15) is 12.5 Å². The van der Waals surface area contributed by atoms with E-state index in [0.717, 1.165) is 22.4 Å². The standard InChI is InChI=1S/C20H17ClF2N4O2/c1-12(28)26-15-5-2-13(3-6-15)8-9-24-17-11-25-27(20(29)19(17)21)18-7-4-14(22)10-16(18)23/h2-7,10-11,24H,8-9H2,1H3,(H,26,28). The molecule has 1 heterocycles. The molecule has 1 aromatic heterocycles. The minimum Gasteiger partial charge on any atom is -0.382 e. The van der Waals surface area contributed by atoms with Gasteiger partial charge in [0.1, 0.15) is 16.5 Å². The summed E-state index contributed by atoms with van der Waals surface area (Å²) in [6.07, 6.45) is 1.94. The summed E-state index contributed by atoms with van der Waals surface area (Å²) in [6, 6.07) is 10.2. The first-order valence-corrected chi connectivity index (χ1v) is 9.06. The lowest BCUT2D eigenvalue weighted by Gasteiger charge is -2.11. The molecular weight excluding hydrogens is 402 g/mol. The van der Waals surface area contributed by atoms with Crippen molar-refractivity contribution in [1.82, 2.24) is 9.78 Å². The monoisotopic (exact) mass is 418 g/mol. The first kappa shape index (κ1) is 20.5. The largest absolute Gasteiger partial charge is 0.382 e. The van der Waals surface area contributed by atoms with Crippen LogP contribution in [0.25, 0.3) is 5.69 Å². The van der Waals surface area contributed by atoms with Gasteiger partial charge in [0.2, 0.25) is 5.91 Å². The molecule has 3 aromatic rings. The second-order valence-electron chi connectivity index (χ2n) is 6.24. The van der Waals surface area contributed by atoms with Gasteiger partial charge in [-0.2, -0.15) is 9.78 Å². The number of amides is 1. The third-order valence-corrected chi connectivity index (χ3v) is 4.43. The highest BCUT2D eigenvalue weighted by molar-refractivity contribution is 6.32. The molecular formula is C20H17ClF2N4O2. The van der Waals surface area contributed by atoms with E-state index in [1.165, 1.54) is 13.1 Å². The predicted molar refractivity (Wildman–Crippen MR) is 108 cm³/mol. The topological polar surface area (TPSA) is 76.0 Å². The number of nitrogens with one attached hydrogen (secondary N) is 2. The number of halogens is 3. The fourth-order valence-corrected chi connectivity index (χ4v) is 2.88. The lowest BCUT2D eigenvalue weighted by molar-refractivity contribution is -0.114. The summed E-state index contributed by atoms with van der Waals surface area (Å²) >= 11 is 6.11. The van der Waals surface area contributed by atoms with Gasteiger partial charge in [0.15, 0.2) is 5.82 Å². The SMILES string of the molecule is CC(=O)Nc1ccc(CCNc2cnn(-c3ccc(F)cc3F)c(=O)c2Cl)cc1. The highest BCUT2D eigenvalue weighted by atomic mass is 35.5. The van der Waals surface area contributed by atoms with Gasteiger partial charge >= 0.3 is 0 Å². The highest BCUT2D eigenvalue weighted by Crippen LogP contribution is 2.19. The second kappa shape index (κ2) is 8.83. The van der Waals surface area contributed by atoms with Crippen LogP contribution in [0.2, 0.25) is 5.02 Å². The number of rotatable bonds is 6. The Morgan fingerprint density at radius 3 is 2.55 bits per heavy atom. The second-order valence-corrected chi connectivity index (χ2v) is 6.62. The summed E-state index contributed by atoms with van der Waals surface area (Å²) in [6.45, 7) is 1.91. The number of nitrogens with zero attached hydrogens (tertiary/aromatic N) is 2. The molecule has 6 nitrogen and oxygen atoms in total. The molecule has 3 rings (SSSR count). The van der Waals surface area contributed by atoms with Crippen LogP contribution in [0.5, 0.6) is 0 Å². The lowest BCUT2D eigenvalue weighted by atomic mass is 10.1. The number of carbonyl (C=O) groups is 1. The molecule has 0 aliphatic heterocycles. The molecule has 1 amide bonds. The molecule has 2 aromatic carbocycles. The van der Waals surface area contributed by atoms with E-state index in [1.807, 2.05) is 12.1 Å². The van der Waals surface area contributed by atoms with E-state index in [4.69, 9.17) is 11.6 Å². The van der Waals surface area contributed by atoms with Gasteiger partial charge in [-0.25, -0.2) is 8.78 Å². The molecule has 0 saturated heterocycles. The quantitative estimate of drug-likeness (QED) is 0.638. The first-order chi connectivity index (χ1) is 13.8. The molecule has 0 bridgehead atoms. The number of carbonyl (C=O) groups excluding carboxylic acids is 1. The highest BCUT2D eigenvalue weighted by Gasteiger charge is 2.14. The molecule has 2 N–H and O–H groups in total. The Morgan fingerprint density at radius 2 is 1.90 bits per heavy atom. The van der Waals surface area contributed by atoms with Gasteiger partial charge < -0.3 is 10.6 Å². The third kappa shape index (κ3) is 4.97. The normalized spacial score (nSPS) is 10.6. The summed E-state index contributed by atoms with van der Waals surface area (Å²) in [5.74, 6) is -1.82. The van der Waals surface area contributed by atoms with Crippen molar-refractivity contribution in [2.24, 2.45) is 0 Å². The smallest absolute Gasteiger partial charge is 0.292 e. The Kier molecular flexibility index (Phi) is 6.23. The van der Waals surface area contributed by atoms with Gasteiger partial charge in [0.25, 0.3) is 5.56 Å². The zero-order valence-electron chi connectivity index (χ0n) is 15.4. The van der Waals surface area contributed by atoms with Crippen molar-refractivity contribution >= 4 is 28.9 Å². The molecule has 0 saturated carbocycles. The Labute approximate surface area is 170 Å². The van der Waals surface area contributed by atoms with Crippen molar-refractivity contribution in [2.75, 3.05) is 17.2 Å². The predicted octanol–water partition coefficient (Wildman–Crippen LogP) is 3.78. The first-order valence-electron chi connectivity index (χ1n) is 8.69. The summed E-state index contributed by atoms with van der Waals surface area (Å²) < 4.78 is 27.8. The minimum absolute atomic E-state index is 0.142. The number of hydrogen-bond acceptors (Lipinski definition) is 4. The summed E-state index contributed by atoms with van der Waals surface area (Å²) in [5, 5.41) is 9.48. The maximum Gasteiger partial charge on any atom is 0.292 e. The molecule has 0 spiro atoms. The third-order valence-electron chi connectivity index (χ3n) is 4.06. The van der Waals surface area contributed by atoms with Gasteiger partial charge in [0.05, 0.1) is 11.9 Å². The molecule has 0 radical (unpaired) electrons. The van der Waals surface area contributed by atoms with Crippen molar-refractivity contribution in [3.8, 4) is 5.69 Å². The van der Waals surface area contributed by atoms with Crippen molar-refractivity contribution in [2.45, 2.75) is 13.3 Å². The van der Waals surface area contributed by atoms with Gasteiger partial charge in [-0.05, 0) is 36.2 Å². The average Bonchev–Trinajstić information content (AvgIpc) is 2.67. The van der Waals surface area contributed by atoms with Crippen LogP contribution in [0.3, 0.4) is 0 Å². The van der Waals surface area contributed by atoms with E-state index in [-0.39, 0.29) is 16.6 Å². The van der Waals surface area contributed by atoms with Gasteiger partial charge in [-0.3, -0.25) is 9.59 Å². The fraction of sp³-hybridized carbons (Fsp3) is 0.150. The van der Waals surface area contributed by atoms with E-state index in [9.17, 15) is 18.4 Å². The molecule has 0 aliphatic carbocycles. The van der Waals surface area contributed by atoms with E-state index in [2.05, 4.69) is 15.7 Å². The van der Waals surface area contributed by atoms with Crippen molar-refractivity contribution in [3.05, 3.63) is 81.2 Å². The molecule has 0 fully saturated rings. The molecule has 150 valence electrons. The van der Waals surface area contributed by atoms with Gasteiger partial charge in [-0.15, -0.1) is 0 Å². The summed E-state index contributed by atoms with van der Waals surface area (Å²) in [4.78, 5) is 23.4. The maximum absolute atomic E-state index is 13.9. The van der Waals surface area contributed by atoms with Crippen LogP contribution < -0.4 is 16.2 Å². The van der Waals surface area contributed by atoms with Crippen LogP contribution in [-0.4, -0.2) is 22.2 Å². The van der Waals surface area contributed by atoms with Crippen molar-refractivity contribution < 1.29 is 13.6 Å². The molecule has 0 unspecified atom stereocenters. The lowest BCUT2D eigenvalue weighted by Crippen LogP contribution is -2.24. The summed E-state index contributed by atoms with van der Waals surface area (Å²) in [7, 11) is 0. The summed E-state index contributed by atoms with van der Waals surface area (Å²) in [5.41, 5.74) is 1.12. The van der Waals surface area contributed by atoms with Crippen molar-refractivity contribution in [1.29, 1.82) is 0 Å². The Balaban J connectivity index is 1.68. The van der Waals surface area contributed by atoms with Crippen LogP contribution in [0, 0.1) is 11.6 Å². The number of anilines is 2. The minimum atomic E-state index is -0.918. The zero-order valence-corrected chi connectivity index (χ0v) is 16.1. The van der Waals surface area contributed by atoms with Crippen LogP contribution in [0.4, 0.5) is 20.2 Å². The van der Waals surface area contributed by atoms with Crippen LogP contribution in [-0.2, 0) is 11.2 Å².